The summed E-state index contributed by atoms with van der Waals surface area (Å²) in [6, 6.07) is 2.07. The second-order valence-corrected chi connectivity index (χ2v) is 5.97. The molecule has 0 fully saturated rings. The Morgan fingerprint density at radius 2 is 2.00 bits per heavy atom. The number of alkyl halides is 3. The van der Waals surface area contributed by atoms with Crippen LogP contribution in [0.3, 0.4) is 0 Å². The van der Waals surface area contributed by atoms with E-state index in [4.69, 9.17) is 0 Å². The highest BCUT2D eigenvalue weighted by Crippen LogP contribution is 2.29. The minimum Gasteiger partial charge on any atom is -0.347 e. The van der Waals surface area contributed by atoms with Gasteiger partial charge in [-0.3, -0.25) is 24.0 Å². The number of aromatic nitrogens is 5. The average molecular weight is 397 g/mol. The number of hydrogen-bond acceptors (Lipinski definition) is 6. The molecule has 3 rings (SSSR count). The third kappa shape index (κ3) is 3.63. The summed E-state index contributed by atoms with van der Waals surface area (Å²) in [6.45, 7) is 2.46. The summed E-state index contributed by atoms with van der Waals surface area (Å²) in [5, 5.41) is 25.0. The van der Waals surface area contributed by atoms with Crippen molar-refractivity contribution in [3.05, 3.63) is 51.2 Å². The van der Waals surface area contributed by atoms with Crippen molar-refractivity contribution in [2.24, 2.45) is 0 Å². The molecule has 0 spiro atoms. The summed E-state index contributed by atoms with van der Waals surface area (Å²) in [5.41, 5.74) is -0.441. The minimum atomic E-state index is -4.52. The number of halogens is 3. The highest BCUT2D eigenvalue weighted by Gasteiger charge is 2.31. The molecule has 3 aromatic heterocycles. The fourth-order valence-corrected chi connectivity index (χ4v) is 2.70. The average Bonchev–Trinajstić information content (AvgIpc) is 3.12. The van der Waals surface area contributed by atoms with Crippen LogP contribution in [0.15, 0.2) is 18.3 Å². The van der Waals surface area contributed by atoms with Crippen LogP contribution in [0, 0.1) is 24.0 Å². The van der Waals surface area contributed by atoms with Gasteiger partial charge in [0.15, 0.2) is 11.5 Å². The maximum atomic E-state index is 12.9. The minimum absolute atomic E-state index is 0.105. The third-order valence-corrected chi connectivity index (χ3v) is 4.06. The Labute approximate surface area is 155 Å². The van der Waals surface area contributed by atoms with Gasteiger partial charge < -0.3 is 5.32 Å². The van der Waals surface area contributed by atoms with Gasteiger partial charge >= 0.3 is 11.9 Å². The first-order valence-corrected chi connectivity index (χ1v) is 7.94. The highest BCUT2D eigenvalue weighted by atomic mass is 19.4. The number of fused-ring (bicyclic) bond motifs is 1. The topological polar surface area (TPSA) is 120 Å². The largest absolute Gasteiger partial charge is 0.417 e. The van der Waals surface area contributed by atoms with Crippen molar-refractivity contribution in [1.29, 1.82) is 0 Å². The van der Waals surface area contributed by atoms with Gasteiger partial charge in [0.25, 0.3) is 0 Å². The van der Waals surface area contributed by atoms with Crippen LogP contribution < -0.4 is 5.32 Å². The summed E-state index contributed by atoms with van der Waals surface area (Å²) in [4.78, 5) is 22.6. The van der Waals surface area contributed by atoms with Crippen LogP contribution in [-0.4, -0.2) is 35.2 Å². The number of aryl methyl sites for hydroxylation is 1. The molecule has 1 amide bonds. The smallest absolute Gasteiger partial charge is 0.347 e. The number of carbonyl (C=O) groups is 1. The molecule has 0 saturated heterocycles. The van der Waals surface area contributed by atoms with Crippen molar-refractivity contribution in [1.82, 2.24) is 29.7 Å². The molecule has 148 valence electrons. The molecular formula is C15H14F3N7O3. The fourth-order valence-electron chi connectivity index (χ4n) is 2.70. The number of pyridine rings is 1. The van der Waals surface area contributed by atoms with Gasteiger partial charge in [0.05, 0.1) is 17.0 Å². The SMILES string of the molecule is Cc1nn(CC(=O)NCc2nnc3ccc(C(F)(F)F)cn23)c(C)c1[N+](=O)[O-]. The van der Waals surface area contributed by atoms with Gasteiger partial charge in [-0.05, 0) is 26.0 Å². The number of hydrogen-bond donors (Lipinski definition) is 1. The van der Waals surface area contributed by atoms with Gasteiger partial charge in [-0.15, -0.1) is 10.2 Å². The molecule has 0 bridgehead atoms. The quantitative estimate of drug-likeness (QED) is 0.518. The molecule has 0 aliphatic carbocycles. The molecule has 0 aromatic carbocycles. The van der Waals surface area contributed by atoms with Crippen molar-refractivity contribution in [3.8, 4) is 0 Å². The number of nitro groups is 1. The summed E-state index contributed by atoms with van der Waals surface area (Å²) in [7, 11) is 0. The van der Waals surface area contributed by atoms with E-state index in [1.807, 2.05) is 0 Å². The van der Waals surface area contributed by atoms with Gasteiger partial charge in [0, 0.05) is 6.20 Å². The number of carbonyl (C=O) groups excluding carboxylic acids is 1. The summed E-state index contributed by atoms with van der Waals surface area (Å²) < 4.78 is 40.9. The van der Waals surface area contributed by atoms with Crippen LogP contribution in [0.5, 0.6) is 0 Å². The Hall–Kier alpha value is -3.51. The first-order valence-electron chi connectivity index (χ1n) is 7.94. The third-order valence-electron chi connectivity index (χ3n) is 4.06. The number of amides is 1. The van der Waals surface area contributed by atoms with E-state index in [1.165, 1.54) is 24.6 Å². The number of nitrogens with zero attached hydrogens (tertiary/aromatic N) is 6. The van der Waals surface area contributed by atoms with E-state index in [1.54, 1.807) is 0 Å². The Morgan fingerprint density at radius 3 is 2.61 bits per heavy atom. The zero-order chi connectivity index (χ0) is 20.6. The van der Waals surface area contributed by atoms with Crippen LogP contribution >= 0.6 is 0 Å². The van der Waals surface area contributed by atoms with E-state index >= 15 is 0 Å². The van der Waals surface area contributed by atoms with Gasteiger partial charge in [-0.2, -0.15) is 18.3 Å². The summed E-state index contributed by atoms with van der Waals surface area (Å²) in [6.07, 6.45) is -3.68. The second-order valence-electron chi connectivity index (χ2n) is 5.97. The van der Waals surface area contributed by atoms with Crippen LogP contribution in [0.2, 0.25) is 0 Å². The Kier molecular flexibility index (Phi) is 4.75. The second kappa shape index (κ2) is 6.90. The van der Waals surface area contributed by atoms with Crippen molar-refractivity contribution >= 4 is 17.2 Å². The van der Waals surface area contributed by atoms with E-state index in [9.17, 15) is 28.1 Å². The van der Waals surface area contributed by atoms with E-state index in [-0.39, 0.29) is 41.6 Å². The van der Waals surface area contributed by atoms with Crippen molar-refractivity contribution in [3.63, 3.8) is 0 Å². The zero-order valence-electron chi connectivity index (χ0n) is 14.7. The van der Waals surface area contributed by atoms with E-state index < -0.39 is 22.6 Å². The predicted octanol–water partition coefficient (Wildman–Crippen LogP) is 1.79. The summed E-state index contributed by atoms with van der Waals surface area (Å²) >= 11 is 0. The predicted molar refractivity (Wildman–Crippen MR) is 88.2 cm³/mol. The molecule has 10 nitrogen and oxygen atoms in total. The lowest BCUT2D eigenvalue weighted by atomic mass is 10.3. The molecule has 0 aliphatic rings. The molecule has 0 atom stereocenters. The molecule has 0 unspecified atom stereocenters. The molecule has 3 heterocycles. The highest BCUT2D eigenvalue weighted by molar-refractivity contribution is 5.75. The lowest BCUT2D eigenvalue weighted by Crippen LogP contribution is -2.28. The molecule has 3 aromatic rings. The fraction of sp³-hybridized carbons (Fsp3) is 0.333. The lowest BCUT2D eigenvalue weighted by Gasteiger charge is -2.08. The molecule has 0 aliphatic heterocycles. The van der Waals surface area contributed by atoms with Gasteiger partial charge in [-0.1, -0.05) is 0 Å². The normalized spacial score (nSPS) is 11.8. The van der Waals surface area contributed by atoms with E-state index in [2.05, 4.69) is 20.6 Å². The molecule has 28 heavy (non-hydrogen) atoms. The van der Waals surface area contributed by atoms with Gasteiger partial charge in [0.2, 0.25) is 5.91 Å². The van der Waals surface area contributed by atoms with Crippen LogP contribution in [-0.2, 0) is 24.1 Å². The van der Waals surface area contributed by atoms with Gasteiger partial charge in [0.1, 0.15) is 17.9 Å². The van der Waals surface area contributed by atoms with Gasteiger partial charge in [-0.25, -0.2) is 0 Å². The monoisotopic (exact) mass is 397 g/mol. The zero-order valence-corrected chi connectivity index (χ0v) is 14.7. The first kappa shape index (κ1) is 19.3. The molecule has 1 N–H and O–H groups in total. The van der Waals surface area contributed by atoms with Crippen molar-refractivity contribution in [2.75, 3.05) is 0 Å². The first-order chi connectivity index (χ1) is 13.1. The Morgan fingerprint density at radius 1 is 1.29 bits per heavy atom. The standard InChI is InChI=1S/C15H14F3N7O3/c1-8-14(25(27)28)9(2)24(22-8)7-13(26)19-5-12-21-20-11-4-3-10(6-23(11)12)15(16,17)18/h3-4,6H,5,7H2,1-2H3,(H,19,26). The van der Waals surface area contributed by atoms with Crippen LogP contribution in [0.25, 0.3) is 5.65 Å². The van der Waals surface area contributed by atoms with Crippen LogP contribution in [0.4, 0.5) is 18.9 Å². The number of rotatable bonds is 5. The lowest BCUT2D eigenvalue weighted by molar-refractivity contribution is -0.386. The van der Waals surface area contributed by atoms with Crippen molar-refractivity contribution < 1.29 is 22.9 Å². The van der Waals surface area contributed by atoms with Crippen molar-refractivity contribution in [2.45, 2.75) is 33.1 Å². The molecule has 13 heteroatoms. The van der Waals surface area contributed by atoms with E-state index in [0.29, 0.717) is 0 Å². The maximum absolute atomic E-state index is 12.9. The number of nitrogens with one attached hydrogen (secondary N) is 1. The molecule has 0 radical (unpaired) electrons. The maximum Gasteiger partial charge on any atom is 0.417 e. The summed E-state index contributed by atoms with van der Waals surface area (Å²) in [5.74, 6) is -0.432. The Balaban J connectivity index is 1.73. The van der Waals surface area contributed by atoms with E-state index in [0.717, 1.165) is 16.7 Å². The van der Waals surface area contributed by atoms with Crippen LogP contribution in [0.1, 0.15) is 22.8 Å². The Bertz CT molecular complexity index is 1070. The molecular weight excluding hydrogens is 383 g/mol. The molecule has 0 saturated carbocycles.